The van der Waals surface area contributed by atoms with Gasteiger partial charge in [-0.15, -0.1) is 0 Å². The molecule has 1 heterocycles. The van der Waals surface area contributed by atoms with Crippen LogP contribution < -0.4 is 4.90 Å². The molecule has 1 spiro atoms. The molecule has 22 heavy (non-hydrogen) atoms. The van der Waals surface area contributed by atoms with Crippen molar-refractivity contribution in [2.75, 3.05) is 11.9 Å². The van der Waals surface area contributed by atoms with Gasteiger partial charge >= 0.3 is 0 Å². The van der Waals surface area contributed by atoms with Crippen molar-refractivity contribution in [3.05, 3.63) is 44.1 Å². The van der Waals surface area contributed by atoms with E-state index in [1.165, 1.54) is 6.42 Å². The minimum atomic E-state index is -0.382. The van der Waals surface area contributed by atoms with Crippen molar-refractivity contribution in [3.8, 4) is 0 Å². The number of aldehydes is 1. The molecule has 1 saturated carbocycles. The third kappa shape index (κ3) is 2.08. The highest BCUT2D eigenvalue weighted by Gasteiger charge is 2.47. The van der Waals surface area contributed by atoms with E-state index in [4.69, 9.17) is 0 Å². The molecular weight excluding hydrogens is 348 g/mol. The van der Waals surface area contributed by atoms with E-state index < -0.39 is 0 Å². The average molecular weight is 365 g/mol. The highest BCUT2D eigenvalue weighted by atomic mass is 79.9. The van der Waals surface area contributed by atoms with Gasteiger partial charge in [0.1, 0.15) is 6.29 Å². The largest absolute Gasteiger partial charge is 0.347 e. The van der Waals surface area contributed by atoms with Crippen molar-refractivity contribution in [1.29, 1.82) is 0 Å². The van der Waals surface area contributed by atoms with Crippen LogP contribution in [0, 0.1) is 10.1 Å². The molecule has 0 unspecified atom stereocenters. The van der Waals surface area contributed by atoms with Crippen molar-refractivity contribution < 1.29 is 9.72 Å². The van der Waals surface area contributed by atoms with Gasteiger partial charge in [0, 0.05) is 24.2 Å². The van der Waals surface area contributed by atoms with Gasteiger partial charge in [-0.1, -0.05) is 19.3 Å². The molecule has 5 nitrogen and oxygen atoms in total. The molecule has 1 fully saturated rings. The predicted octanol–water partition coefficient (Wildman–Crippen LogP) is 4.09. The van der Waals surface area contributed by atoms with Crippen molar-refractivity contribution >= 4 is 33.6 Å². The number of halogens is 1. The summed E-state index contributed by atoms with van der Waals surface area (Å²) < 4.78 is 0.502. The van der Waals surface area contributed by atoms with Crippen LogP contribution in [0.3, 0.4) is 0 Å². The summed E-state index contributed by atoms with van der Waals surface area (Å²) in [4.78, 5) is 23.9. The first kappa shape index (κ1) is 15.2. The van der Waals surface area contributed by atoms with Crippen molar-refractivity contribution in [1.82, 2.24) is 0 Å². The summed E-state index contributed by atoms with van der Waals surface area (Å²) in [6.07, 6.45) is 7.81. The smallest absolute Gasteiger partial charge is 0.285 e. The molecule has 0 aromatic heterocycles. The minimum absolute atomic E-state index is 0.0592. The van der Waals surface area contributed by atoms with Crippen LogP contribution in [0.5, 0.6) is 0 Å². The van der Waals surface area contributed by atoms with E-state index in [0.717, 1.165) is 48.9 Å². The molecule has 0 bridgehead atoms. The fraction of sp³-hybridized carbons (Fsp3) is 0.438. The summed E-state index contributed by atoms with van der Waals surface area (Å²) in [6.45, 7) is 0. The van der Waals surface area contributed by atoms with Gasteiger partial charge in [-0.2, -0.15) is 0 Å². The molecule has 0 saturated heterocycles. The van der Waals surface area contributed by atoms with E-state index in [9.17, 15) is 14.9 Å². The SMILES string of the molecule is CN1/C(=C/C=O)C2(CCCCC2)c2cc(Br)c([N+](=O)[O-])cc21. The Kier molecular flexibility index (Phi) is 3.80. The summed E-state index contributed by atoms with van der Waals surface area (Å²) in [7, 11) is 1.88. The zero-order valence-corrected chi connectivity index (χ0v) is 13.9. The molecule has 1 aliphatic heterocycles. The topological polar surface area (TPSA) is 63.5 Å². The first-order chi connectivity index (χ1) is 10.5. The monoisotopic (exact) mass is 364 g/mol. The Morgan fingerprint density at radius 2 is 2.00 bits per heavy atom. The van der Waals surface area contributed by atoms with Gasteiger partial charge in [-0.25, -0.2) is 0 Å². The zero-order chi connectivity index (χ0) is 15.9. The lowest BCUT2D eigenvalue weighted by molar-refractivity contribution is -0.385. The molecule has 1 aliphatic carbocycles. The van der Waals surface area contributed by atoms with E-state index in [1.54, 1.807) is 12.1 Å². The number of nitrogens with zero attached hydrogens (tertiary/aromatic N) is 2. The number of fused-ring (bicyclic) bond motifs is 2. The second-order valence-electron chi connectivity index (χ2n) is 5.97. The minimum Gasteiger partial charge on any atom is -0.347 e. The van der Waals surface area contributed by atoms with Crippen LogP contribution in [0.2, 0.25) is 0 Å². The number of anilines is 1. The number of hydrogen-bond donors (Lipinski definition) is 0. The van der Waals surface area contributed by atoms with Crippen molar-refractivity contribution in [2.24, 2.45) is 0 Å². The summed E-state index contributed by atoms with van der Waals surface area (Å²) in [6, 6.07) is 3.49. The van der Waals surface area contributed by atoms with E-state index in [-0.39, 0.29) is 16.0 Å². The number of hydrogen-bond acceptors (Lipinski definition) is 4. The van der Waals surface area contributed by atoms with Gasteiger partial charge in [0.15, 0.2) is 0 Å². The Balaban J connectivity index is 2.24. The van der Waals surface area contributed by atoms with Crippen LogP contribution in [0.15, 0.2) is 28.4 Å². The van der Waals surface area contributed by atoms with Crippen LogP contribution in [0.4, 0.5) is 11.4 Å². The van der Waals surface area contributed by atoms with Crippen molar-refractivity contribution in [3.63, 3.8) is 0 Å². The molecule has 1 aromatic carbocycles. The van der Waals surface area contributed by atoms with Gasteiger partial charge in [-0.05, 0) is 46.5 Å². The van der Waals surface area contributed by atoms with E-state index in [0.29, 0.717) is 4.47 Å². The maximum Gasteiger partial charge on any atom is 0.285 e. The number of carbonyl (C=O) groups is 1. The second-order valence-corrected chi connectivity index (χ2v) is 6.82. The van der Waals surface area contributed by atoms with Crippen LogP contribution in [-0.2, 0) is 10.2 Å². The van der Waals surface area contributed by atoms with E-state index >= 15 is 0 Å². The third-order valence-electron chi connectivity index (χ3n) is 4.92. The lowest BCUT2D eigenvalue weighted by atomic mass is 9.68. The fourth-order valence-corrected chi connectivity index (χ4v) is 4.45. The number of carbonyl (C=O) groups excluding carboxylic acids is 1. The van der Waals surface area contributed by atoms with Gasteiger partial charge in [0.2, 0.25) is 0 Å². The van der Waals surface area contributed by atoms with Gasteiger partial charge in [0.25, 0.3) is 5.69 Å². The van der Waals surface area contributed by atoms with Crippen LogP contribution in [0.1, 0.15) is 37.7 Å². The Morgan fingerprint density at radius 3 is 2.59 bits per heavy atom. The Morgan fingerprint density at radius 1 is 1.32 bits per heavy atom. The Bertz CT molecular complexity index is 678. The van der Waals surface area contributed by atoms with Crippen LogP contribution in [-0.4, -0.2) is 18.3 Å². The number of likely N-dealkylation sites (N-methyl/N-ethyl adjacent to an activating group) is 1. The molecule has 6 heteroatoms. The number of benzene rings is 1. The average Bonchev–Trinajstić information content (AvgIpc) is 2.70. The molecule has 2 aliphatic rings. The highest BCUT2D eigenvalue weighted by Crippen LogP contribution is 2.56. The molecule has 3 rings (SSSR count). The van der Waals surface area contributed by atoms with E-state index in [1.807, 2.05) is 18.0 Å². The predicted molar refractivity (Wildman–Crippen MR) is 88.1 cm³/mol. The normalized spacial score (nSPS) is 21.2. The maximum atomic E-state index is 11.2. The lowest BCUT2D eigenvalue weighted by Gasteiger charge is -2.36. The lowest BCUT2D eigenvalue weighted by Crippen LogP contribution is -2.32. The summed E-state index contributed by atoms with van der Waals surface area (Å²) >= 11 is 3.33. The maximum absolute atomic E-state index is 11.2. The molecule has 0 atom stereocenters. The number of allylic oxidation sites excluding steroid dienone is 2. The highest BCUT2D eigenvalue weighted by molar-refractivity contribution is 9.10. The molecule has 116 valence electrons. The van der Waals surface area contributed by atoms with Gasteiger partial charge in [0.05, 0.1) is 15.1 Å². The first-order valence-electron chi connectivity index (χ1n) is 7.39. The summed E-state index contributed by atoms with van der Waals surface area (Å²) in [5.74, 6) is 0. The number of nitro groups is 1. The fourth-order valence-electron chi connectivity index (χ4n) is 3.96. The van der Waals surface area contributed by atoms with Crippen LogP contribution in [0.25, 0.3) is 0 Å². The van der Waals surface area contributed by atoms with E-state index in [2.05, 4.69) is 15.9 Å². The Hall–Kier alpha value is -1.69. The molecule has 1 aromatic rings. The standard InChI is InChI=1S/C16H17BrN2O3/c1-18-13-10-14(19(21)22)12(17)9-11(13)16(15(18)5-8-20)6-3-2-4-7-16/h5,8-10H,2-4,6-7H2,1H3/b15-5+. The molecule has 0 amide bonds. The number of rotatable bonds is 2. The zero-order valence-electron chi connectivity index (χ0n) is 12.3. The van der Waals surface area contributed by atoms with Gasteiger partial charge in [-0.3, -0.25) is 14.9 Å². The number of nitro benzene ring substituents is 1. The first-order valence-corrected chi connectivity index (χ1v) is 8.18. The van der Waals surface area contributed by atoms with Gasteiger partial charge < -0.3 is 4.90 Å². The molecular formula is C16H17BrN2O3. The quantitative estimate of drug-likeness (QED) is 0.343. The summed E-state index contributed by atoms with van der Waals surface area (Å²) in [5.41, 5.74) is 2.78. The van der Waals surface area contributed by atoms with Crippen LogP contribution >= 0.6 is 15.9 Å². The second kappa shape index (κ2) is 5.50. The summed E-state index contributed by atoms with van der Waals surface area (Å²) in [5, 5.41) is 11.2. The van der Waals surface area contributed by atoms with Crippen molar-refractivity contribution in [2.45, 2.75) is 37.5 Å². The Labute approximate surface area is 137 Å². The third-order valence-corrected chi connectivity index (χ3v) is 5.56. The molecule has 0 radical (unpaired) electrons. The molecule has 0 N–H and O–H groups in total.